The molecule has 0 atom stereocenters. The zero-order chi connectivity index (χ0) is 18.3. The minimum atomic E-state index is -3.35. The SMILES string of the molecule is CCN(CC)S(=O)(=O)c1ccc(CCNC(=NC)NC2CCCC2)s1.I. The van der Waals surface area contributed by atoms with E-state index in [1.54, 1.807) is 13.1 Å². The van der Waals surface area contributed by atoms with Crippen molar-refractivity contribution in [3.05, 3.63) is 17.0 Å². The first-order chi connectivity index (χ1) is 12.0. The number of halogens is 1. The van der Waals surface area contributed by atoms with E-state index < -0.39 is 10.0 Å². The molecular weight excluding hydrogens is 483 g/mol. The third-order valence-electron chi connectivity index (χ3n) is 4.52. The summed E-state index contributed by atoms with van der Waals surface area (Å²) < 4.78 is 27.0. The van der Waals surface area contributed by atoms with Gasteiger partial charge in [-0.05, 0) is 31.4 Å². The largest absolute Gasteiger partial charge is 0.356 e. The Balaban J connectivity index is 0.00000338. The first-order valence-electron chi connectivity index (χ1n) is 9.07. The number of hydrogen-bond acceptors (Lipinski definition) is 4. The maximum absolute atomic E-state index is 12.5. The van der Waals surface area contributed by atoms with Crippen molar-refractivity contribution < 1.29 is 8.42 Å². The molecule has 0 spiro atoms. The number of rotatable bonds is 8. The van der Waals surface area contributed by atoms with E-state index in [1.807, 2.05) is 19.9 Å². The molecule has 150 valence electrons. The zero-order valence-corrected chi connectivity index (χ0v) is 19.8. The minimum Gasteiger partial charge on any atom is -0.356 e. The number of guanidine groups is 1. The average molecular weight is 514 g/mol. The Morgan fingerprint density at radius 3 is 2.50 bits per heavy atom. The van der Waals surface area contributed by atoms with Gasteiger partial charge in [0.05, 0.1) is 0 Å². The van der Waals surface area contributed by atoms with Gasteiger partial charge < -0.3 is 10.6 Å². The van der Waals surface area contributed by atoms with Gasteiger partial charge in [0, 0.05) is 37.6 Å². The van der Waals surface area contributed by atoms with Gasteiger partial charge in [-0.2, -0.15) is 4.31 Å². The molecule has 1 aliphatic rings. The van der Waals surface area contributed by atoms with Gasteiger partial charge in [-0.1, -0.05) is 26.7 Å². The summed E-state index contributed by atoms with van der Waals surface area (Å²) in [4.78, 5) is 5.33. The van der Waals surface area contributed by atoms with Crippen molar-refractivity contribution in [1.82, 2.24) is 14.9 Å². The smallest absolute Gasteiger partial charge is 0.252 e. The van der Waals surface area contributed by atoms with Crippen LogP contribution in [0.4, 0.5) is 0 Å². The maximum Gasteiger partial charge on any atom is 0.252 e. The lowest BCUT2D eigenvalue weighted by Crippen LogP contribution is -2.42. The lowest BCUT2D eigenvalue weighted by atomic mass is 10.2. The van der Waals surface area contributed by atoms with Gasteiger partial charge in [-0.3, -0.25) is 4.99 Å². The van der Waals surface area contributed by atoms with Crippen LogP contribution >= 0.6 is 35.3 Å². The van der Waals surface area contributed by atoms with Crippen molar-refractivity contribution in [3.63, 3.8) is 0 Å². The molecular formula is C17H31IN4O2S2. The second-order valence-corrected chi connectivity index (χ2v) is 9.52. The highest BCUT2D eigenvalue weighted by atomic mass is 127. The van der Waals surface area contributed by atoms with Crippen LogP contribution in [0.5, 0.6) is 0 Å². The summed E-state index contributed by atoms with van der Waals surface area (Å²) in [6, 6.07) is 4.16. The number of nitrogens with one attached hydrogen (secondary N) is 2. The topological polar surface area (TPSA) is 73.8 Å². The van der Waals surface area contributed by atoms with Gasteiger partial charge in [0.2, 0.25) is 0 Å². The van der Waals surface area contributed by atoms with Crippen LogP contribution in [0.2, 0.25) is 0 Å². The van der Waals surface area contributed by atoms with E-state index in [2.05, 4.69) is 15.6 Å². The molecule has 2 N–H and O–H groups in total. The van der Waals surface area contributed by atoms with E-state index in [4.69, 9.17) is 0 Å². The lowest BCUT2D eigenvalue weighted by molar-refractivity contribution is 0.447. The van der Waals surface area contributed by atoms with E-state index >= 15 is 0 Å². The number of nitrogens with zero attached hydrogens (tertiary/aromatic N) is 2. The van der Waals surface area contributed by atoms with Crippen molar-refractivity contribution in [2.75, 3.05) is 26.7 Å². The van der Waals surface area contributed by atoms with Crippen LogP contribution in [0, 0.1) is 0 Å². The first kappa shape index (κ1) is 23.6. The number of aliphatic imine (C=N–C) groups is 1. The van der Waals surface area contributed by atoms with E-state index in [0.717, 1.165) is 23.8 Å². The van der Waals surface area contributed by atoms with Crippen molar-refractivity contribution in [2.24, 2.45) is 4.99 Å². The van der Waals surface area contributed by atoms with Gasteiger partial charge in [0.25, 0.3) is 10.0 Å². The fourth-order valence-corrected chi connectivity index (χ4v) is 6.05. The van der Waals surface area contributed by atoms with Gasteiger partial charge in [-0.25, -0.2) is 8.42 Å². The predicted molar refractivity (Wildman–Crippen MR) is 120 cm³/mol. The molecule has 0 saturated heterocycles. The Bertz CT molecular complexity index is 666. The Hall–Kier alpha value is -0.390. The Morgan fingerprint density at radius 1 is 1.27 bits per heavy atom. The summed E-state index contributed by atoms with van der Waals surface area (Å²) in [7, 11) is -1.56. The molecule has 0 amide bonds. The quantitative estimate of drug-likeness (QED) is 0.318. The van der Waals surface area contributed by atoms with Crippen molar-refractivity contribution in [1.29, 1.82) is 0 Å². The summed E-state index contributed by atoms with van der Waals surface area (Å²) >= 11 is 1.36. The molecule has 2 rings (SSSR count). The fourth-order valence-electron chi connectivity index (χ4n) is 3.08. The normalized spacial score (nSPS) is 15.9. The summed E-state index contributed by atoms with van der Waals surface area (Å²) in [5, 5.41) is 6.77. The molecule has 9 heteroatoms. The van der Waals surface area contributed by atoms with Crippen LogP contribution in [-0.2, 0) is 16.4 Å². The molecule has 0 radical (unpaired) electrons. The molecule has 1 aromatic rings. The second-order valence-electron chi connectivity index (χ2n) is 6.18. The number of hydrogen-bond donors (Lipinski definition) is 2. The summed E-state index contributed by atoms with van der Waals surface area (Å²) in [5.74, 6) is 0.833. The molecule has 0 aliphatic heterocycles. The standard InChI is InChI=1S/C17H30N4O2S2.HI/c1-4-21(5-2)25(22,23)16-11-10-15(24-16)12-13-19-17(18-3)20-14-8-6-7-9-14;/h10-11,14H,4-9,12-13H2,1-3H3,(H2,18,19,20);1H. The van der Waals surface area contributed by atoms with E-state index in [9.17, 15) is 8.42 Å². The molecule has 1 saturated carbocycles. The molecule has 1 aliphatic carbocycles. The van der Waals surface area contributed by atoms with Crippen LogP contribution in [0.3, 0.4) is 0 Å². The van der Waals surface area contributed by atoms with Crippen LogP contribution in [0.25, 0.3) is 0 Å². The highest BCUT2D eigenvalue weighted by Gasteiger charge is 2.23. The lowest BCUT2D eigenvalue weighted by Gasteiger charge is -2.17. The molecule has 26 heavy (non-hydrogen) atoms. The Labute approximate surface area is 178 Å². The summed E-state index contributed by atoms with van der Waals surface area (Å²) in [6.45, 7) is 5.45. The molecule has 6 nitrogen and oxygen atoms in total. The monoisotopic (exact) mass is 514 g/mol. The Morgan fingerprint density at radius 2 is 1.92 bits per heavy atom. The fraction of sp³-hybridized carbons (Fsp3) is 0.706. The Kier molecular flexibility index (Phi) is 10.4. The van der Waals surface area contributed by atoms with E-state index in [-0.39, 0.29) is 24.0 Å². The average Bonchev–Trinajstić information content (AvgIpc) is 3.26. The van der Waals surface area contributed by atoms with Crippen molar-refractivity contribution in [3.8, 4) is 0 Å². The van der Waals surface area contributed by atoms with Crippen molar-refractivity contribution >= 4 is 51.3 Å². The summed E-state index contributed by atoms with van der Waals surface area (Å²) in [6.07, 6.45) is 5.77. The molecule has 1 aromatic heterocycles. The molecule has 0 unspecified atom stereocenters. The molecule has 1 heterocycles. The van der Waals surface area contributed by atoms with Crippen molar-refractivity contribution in [2.45, 2.75) is 56.2 Å². The number of sulfonamides is 1. The van der Waals surface area contributed by atoms with Crippen LogP contribution in [0.1, 0.15) is 44.4 Å². The van der Waals surface area contributed by atoms with E-state index in [1.165, 1.54) is 41.3 Å². The van der Waals surface area contributed by atoms with Crippen LogP contribution in [0.15, 0.2) is 21.3 Å². The van der Waals surface area contributed by atoms with E-state index in [0.29, 0.717) is 23.3 Å². The van der Waals surface area contributed by atoms with Gasteiger partial charge in [-0.15, -0.1) is 35.3 Å². The highest BCUT2D eigenvalue weighted by molar-refractivity contribution is 14.0. The third kappa shape index (κ3) is 6.35. The van der Waals surface area contributed by atoms with Gasteiger partial charge in [0.1, 0.15) is 4.21 Å². The number of thiophene rings is 1. The van der Waals surface area contributed by atoms with Gasteiger partial charge >= 0.3 is 0 Å². The first-order valence-corrected chi connectivity index (χ1v) is 11.3. The zero-order valence-electron chi connectivity index (χ0n) is 15.8. The van der Waals surface area contributed by atoms with Crippen LogP contribution in [-0.4, -0.2) is 51.4 Å². The third-order valence-corrected chi connectivity index (χ3v) is 8.18. The van der Waals surface area contributed by atoms with Gasteiger partial charge in [0.15, 0.2) is 5.96 Å². The predicted octanol–water partition coefficient (Wildman–Crippen LogP) is 3.05. The highest BCUT2D eigenvalue weighted by Crippen LogP contribution is 2.25. The maximum atomic E-state index is 12.5. The molecule has 1 fully saturated rings. The minimum absolute atomic E-state index is 0. The summed E-state index contributed by atoms with van der Waals surface area (Å²) in [5.41, 5.74) is 0. The molecule has 0 aromatic carbocycles. The molecule has 0 bridgehead atoms. The van der Waals surface area contributed by atoms with Crippen LogP contribution < -0.4 is 10.6 Å². The second kappa shape index (κ2) is 11.5.